The van der Waals surface area contributed by atoms with Crippen LogP contribution in [0, 0.1) is 6.92 Å². The number of hydrogen-bond donors (Lipinski definition) is 0. The predicted molar refractivity (Wildman–Crippen MR) is 101 cm³/mol. The van der Waals surface area contributed by atoms with Crippen molar-refractivity contribution in [1.82, 2.24) is 19.4 Å². The molecule has 0 saturated carbocycles. The van der Waals surface area contributed by atoms with Crippen LogP contribution in [0.25, 0.3) is 0 Å². The van der Waals surface area contributed by atoms with Crippen molar-refractivity contribution >= 4 is 5.91 Å². The van der Waals surface area contributed by atoms with Crippen molar-refractivity contribution in [1.29, 1.82) is 0 Å². The van der Waals surface area contributed by atoms with E-state index in [1.165, 1.54) is 5.56 Å². The fourth-order valence-electron chi connectivity index (χ4n) is 4.61. The number of likely N-dealkylation sites (tertiary alicyclic amines) is 2. The average Bonchev–Trinajstić information content (AvgIpc) is 3.17. The van der Waals surface area contributed by atoms with Gasteiger partial charge < -0.3 is 9.47 Å². The van der Waals surface area contributed by atoms with Crippen molar-refractivity contribution in [2.75, 3.05) is 13.1 Å². The van der Waals surface area contributed by atoms with Gasteiger partial charge in [-0.25, -0.2) is 4.98 Å². The first-order chi connectivity index (χ1) is 12.6. The summed E-state index contributed by atoms with van der Waals surface area (Å²) in [6, 6.07) is 10.3. The van der Waals surface area contributed by atoms with E-state index in [0.29, 0.717) is 5.91 Å². The van der Waals surface area contributed by atoms with E-state index < -0.39 is 0 Å². The number of imidazole rings is 1. The van der Waals surface area contributed by atoms with Crippen molar-refractivity contribution in [2.45, 2.75) is 51.2 Å². The van der Waals surface area contributed by atoms with Gasteiger partial charge in [0.05, 0.1) is 5.69 Å². The first kappa shape index (κ1) is 17.3. The minimum absolute atomic E-state index is 0.317. The summed E-state index contributed by atoms with van der Waals surface area (Å²) < 4.78 is 2.06. The zero-order valence-electron chi connectivity index (χ0n) is 15.8. The normalized spacial score (nSPS) is 23.9. The van der Waals surface area contributed by atoms with Crippen LogP contribution in [-0.2, 0) is 24.9 Å². The Hall–Kier alpha value is -2.14. The first-order valence-corrected chi connectivity index (χ1v) is 9.66. The maximum atomic E-state index is 13.5. The van der Waals surface area contributed by atoms with Gasteiger partial charge in [0.15, 0.2) is 0 Å². The van der Waals surface area contributed by atoms with E-state index in [4.69, 9.17) is 0 Å². The summed E-state index contributed by atoms with van der Waals surface area (Å²) in [5.74, 6) is 1.34. The van der Waals surface area contributed by atoms with Crippen molar-refractivity contribution in [2.24, 2.45) is 7.05 Å². The smallest absolute Gasteiger partial charge is 0.243 e. The molecule has 5 heteroatoms. The molecule has 2 aliphatic rings. The van der Waals surface area contributed by atoms with Crippen LogP contribution in [0.1, 0.15) is 42.8 Å². The Kier molecular flexibility index (Phi) is 4.57. The molecule has 5 nitrogen and oxygen atoms in total. The van der Waals surface area contributed by atoms with E-state index in [1.807, 2.05) is 32.2 Å². The molecule has 4 rings (SSSR count). The third-order valence-electron chi connectivity index (χ3n) is 6.06. The molecule has 2 aromatic rings. The van der Waals surface area contributed by atoms with E-state index >= 15 is 0 Å². The number of benzene rings is 1. The Balaban J connectivity index is 1.54. The lowest BCUT2D eigenvalue weighted by Crippen LogP contribution is -2.59. The summed E-state index contributed by atoms with van der Waals surface area (Å²) in [6.07, 6.45) is 6.22. The Labute approximate surface area is 155 Å². The van der Waals surface area contributed by atoms with Crippen LogP contribution in [0.15, 0.2) is 36.5 Å². The maximum absolute atomic E-state index is 13.5. The van der Waals surface area contributed by atoms with Crippen LogP contribution < -0.4 is 0 Å². The zero-order valence-corrected chi connectivity index (χ0v) is 15.8. The highest BCUT2D eigenvalue weighted by atomic mass is 16.2. The number of hydrogen-bond acceptors (Lipinski definition) is 3. The second-order valence-corrected chi connectivity index (χ2v) is 7.76. The molecule has 0 aliphatic carbocycles. The van der Waals surface area contributed by atoms with Crippen LogP contribution in [-0.4, -0.2) is 43.9 Å². The van der Waals surface area contributed by atoms with E-state index in [9.17, 15) is 4.79 Å². The summed E-state index contributed by atoms with van der Waals surface area (Å²) in [7, 11) is 2.03. The Bertz CT molecular complexity index is 765. The third kappa shape index (κ3) is 3.05. The second kappa shape index (κ2) is 6.88. The van der Waals surface area contributed by atoms with Gasteiger partial charge in [-0.15, -0.1) is 0 Å². The molecule has 2 saturated heterocycles. The SMILES string of the molecule is Cc1nc(CN2CCCC23CCCN(Cc2ccccc2)C3=O)cn1C. The quantitative estimate of drug-likeness (QED) is 0.850. The Morgan fingerprint density at radius 2 is 1.81 bits per heavy atom. The fraction of sp³-hybridized carbons (Fsp3) is 0.524. The molecule has 1 atom stereocenters. The molecule has 1 amide bonds. The topological polar surface area (TPSA) is 41.4 Å². The number of piperidine rings is 1. The summed E-state index contributed by atoms with van der Waals surface area (Å²) in [5.41, 5.74) is 1.96. The number of aromatic nitrogens is 2. The third-order valence-corrected chi connectivity index (χ3v) is 6.06. The van der Waals surface area contributed by atoms with E-state index in [1.54, 1.807) is 0 Å². The standard InChI is InChI=1S/C21H28N4O/c1-17-22-19(15-23(17)2)16-25-13-7-11-21(25)10-6-12-24(20(21)26)14-18-8-4-3-5-9-18/h3-5,8-9,15H,6-7,10-14,16H2,1-2H3. The maximum Gasteiger partial charge on any atom is 0.243 e. The van der Waals surface area contributed by atoms with Gasteiger partial charge in [0.25, 0.3) is 0 Å². The summed E-state index contributed by atoms with van der Waals surface area (Å²) in [6.45, 7) is 5.37. The molecule has 0 bridgehead atoms. The minimum atomic E-state index is -0.321. The first-order valence-electron chi connectivity index (χ1n) is 9.66. The highest BCUT2D eigenvalue weighted by Gasteiger charge is 2.50. The monoisotopic (exact) mass is 352 g/mol. The average molecular weight is 352 g/mol. The lowest BCUT2D eigenvalue weighted by Gasteiger charge is -2.44. The molecular formula is C21H28N4O. The zero-order chi connectivity index (χ0) is 18.1. The van der Waals surface area contributed by atoms with Gasteiger partial charge in [0.2, 0.25) is 5.91 Å². The number of aryl methyl sites for hydroxylation is 2. The number of amides is 1. The predicted octanol–water partition coefficient (Wildman–Crippen LogP) is 2.89. The van der Waals surface area contributed by atoms with Crippen molar-refractivity contribution in [3.63, 3.8) is 0 Å². The number of nitrogens with zero attached hydrogens (tertiary/aromatic N) is 4. The fourth-order valence-corrected chi connectivity index (χ4v) is 4.61. The highest BCUT2D eigenvalue weighted by Crippen LogP contribution is 2.39. The summed E-state index contributed by atoms with van der Waals surface area (Å²) >= 11 is 0. The largest absolute Gasteiger partial charge is 0.338 e. The second-order valence-electron chi connectivity index (χ2n) is 7.76. The number of carbonyl (C=O) groups is 1. The van der Waals surface area contributed by atoms with E-state index in [0.717, 1.165) is 63.4 Å². The molecule has 1 spiro atoms. The van der Waals surface area contributed by atoms with E-state index in [2.05, 4.69) is 37.7 Å². The van der Waals surface area contributed by atoms with Crippen LogP contribution >= 0.6 is 0 Å². The van der Waals surface area contributed by atoms with Gasteiger partial charge >= 0.3 is 0 Å². The van der Waals surface area contributed by atoms with Gasteiger partial charge in [-0.2, -0.15) is 0 Å². The molecule has 3 heterocycles. The van der Waals surface area contributed by atoms with Crippen molar-refractivity contribution in [3.05, 3.63) is 53.6 Å². The van der Waals surface area contributed by atoms with Crippen LogP contribution in [0.2, 0.25) is 0 Å². The summed E-state index contributed by atoms with van der Waals surface area (Å²) in [5, 5.41) is 0. The molecule has 1 aromatic heterocycles. The lowest BCUT2D eigenvalue weighted by atomic mass is 9.85. The Morgan fingerprint density at radius 1 is 1.08 bits per heavy atom. The van der Waals surface area contributed by atoms with Crippen LogP contribution in [0.4, 0.5) is 0 Å². The van der Waals surface area contributed by atoms with Crippen LogP contribution in [0.5, 0.6) is 0 Å². The van der Waals surface area contributed by atoms with Gasteiger partial charge in [-0.05, 0) is 44.7 Å². The molecule has 0 radical (unpaired) electrons. The number of carbonyl (C=O) groups excluding carboxylic acids is 1. The van der Waals surface area contributed by atoms with Gasteiger partial charge in [-0.1, -0.05) is 30.3 Å². The molecule has 1 unspecified atom stereocenters. The molecular weight excluding hydrogens is 324 g/mol. The molecule has 0 N–H and O–H groups in total. The summed E-state index contributed by atoms with van der Waals surface area (Å²) in [4.78, 5) is 22.6. The van der Waals surface area contributed by atoms with E-state index in [-0.39, 0.29) is 5.54 Å². The van der Waals surface area contributed by atoms with Gasteiger partial charge in [-0.3, -0.25) is 9.69 Å². The van der Waals surface area contributed by atoms with Gasteiger partial charge in [0, 0.05) is 32.9 Å². The molecule has 1 aromatic carbocycles. The van der Waals surface area contributed by atoms with Gasteiger partial charge in [0.1, 0.15) is 11.4 Å². The molecule has 26 heavy (non-hydrogen) atoms. The molecule has 138 valence electrons. The molecule has 2 fully saturated rings. The lowest BCUT2D eigenvalue weighted by molar-refractivity contribution is -0.148. The van der Waals surface area contributed by atoms with Crippen LogP contribution in [0.3, 0.4) is 0 Å². The Morgan fingerprint density at radius 3 is 2.50 bits per heavy atom. The minimum Gasteiger partial charge on any atom is -0.338 e. The molecule has 2 aliphatic heterocycles. The highest BCUT2D eigenvalue weighted by molar-refractivity contribution is 5.87. The van der Waals surface area contributed by atoms with Crippen molar-refractivity contribution in [3.8, 4) is 0 Å². The van der Waals surface area contributed by atoms with Crippen molar-refractivity contribution < 1.29 is 4.79 Å². The number of rotatable bonds is 4.